The summed E-state index contributed by atoms with van der Waals surface area (Å²) in [5, 5.41) is 2.79. The van der Waals surface area contributed by atoms with E-state index >= 15 is 0 Å². The van der Waals surface area contributed by atoms with Gasteiger partial charge < -0.3 is 5.32 Å². The van der Waals surface area contributed by atoms with E-state index in [1.165, 1.54) is 6.20 Å². The SMILES string of the molecule is CNc1ncc(F)c(-c2ccc(C)cc2)n1. The molecule has 0 atom stereocenters. The third kappa shape index (κ3) is 2.00. The first-order valence-electron chi connectivity index (χ1n) is 4.98. The van der Waals surface area contributed by atoms with E-state index in [1.807, 2.05) is 31.2 Å². The van der Waals surface area contributed by atoms with E-state index in [0.717, 1.165) is 11.1 Å². The number of benzene rings is 1. The number of hydrogen-bond acceptors (Lipinski definition) is 3. The maximum atomic E-state index is 13.5. The van der Waals surface area contributed by atoms with Crippen LogP contribution in [0.1, 0.15) is 5.56 Å². The van der Waals surface area contributed by atoms with E-state index in [4.69, 9.17) is 0 Å². The quantitative estimate of drug-likeness (QED) is 0.840. The Morgan fingerprint density at radius 2 is 1.88 bits per heavy atom. The average molecular weight is 217 g/mol. The summed E-state index contributed by atoms with van der Waals surface area (Å²) in [7, 11) is 1.70. The van der Waals surface area contributed by atoms with Crippen LogP contribution >= 0.6 is 0 Å². The van der Waals surface area contributed by atoms with Crippen LogP contribution in [0.2, 0.25) is 0 Å². The topological polar surface area (TPSA) is 37.8 Å². The van der Waals surface area contributed by atoms with Gasteiger partial charge in [0, 0.05) is 12.6 Å². The van der Waals surface area contributed by atoms with Gasteiger partial charge in [-0.25, -0.2) is 14.4 Å². The zero-order chi connectivity index (χ0) is 11.5. The highest BCUT2D eigenvalue weighted by Crippen LogP contribution is 2.21. The van der Waals surface area contributed by atoms with Crippen molar-refractivity contribution in [1.82, 2.24) is 9.97 Å². The first-order chi connectivity index (χ1) is 7.70. The molecule has 16 heavy (non-hydrogen) atoms. The summed E-state index contributed by atoms with van der Waals surface area (Å²) in [6, 6.07) is 7.55. The molecule has 0 spiro atoms. The van der Waals surface area contributed by atoms with Gasteiger partial charge in [-0.3, -0.25) is 0 Å². The molecule has 0 fully saturated rings. The number of aromatic nitrogens is 2. The molecule has 0 radical (unpaired) electrons. The van der Waals surface area contributed by atoms with Crippen molar-refractivity contribution in [3.8, 4) is 11.3 Å². The molecular formula is C12H12FN3. The maximum absolute atomic E-state index is 13.5. The first kappa shape index (κ1) is 10.5. The largest absolute Gasteiger partial charge is 0.357 e. The van der Waals surface area contributed by atoms with Crippen molar-refractivity contribution >= 4 is 5.95 Å². The maximum Gasteiger partial charge on any atom is 0.223 e. The summed E-state index contributed by atoms with van der Waals surface area (Å²) in [5.74, 6) is -0.000159. The Bertz CT molecular complexity index is 494. The van der Waals surface area contributed by atoms with Gasteiger partial charge in [-0.05, 0) is 6.92 Å². The minimum Gasteiger partial charge on any atom is -0.357 e. The molecule has 1 aromatic carbocycles. The van der Waals surface area contributed by atoms with Crippen LogP contribution in [-0.2, 0) is 0 Å². The Kier molecular flexibility index (Phi) is 2.81. The Labute approximate surface area is 93.4 Å². The molecule has 2 aromatic rings. The van der Waals surface area contributed by atoms with Crippen LogP contribution in [0.15, 0.2) is 30.5 Å². The molecule has 0 amide bonds. The van der Waals surface area contributed by atoms with Gasteiger partial charge in [-0.15, -0.1) is 0 Å². The number of aryl methyl sites for hydroxylation is 1. The van der Waals surface area contributed by atoms with Gasteiger partial charge in [0.15, 0.2) is 5.82 Å². The molecule has 4 heteroatoms. The molecule has 3 nitrogen and oxygen atoms in total. The van der Waals surface area contributed by atoms with Gasteiger partial charge in [0.05, 0.1) is 6.20 Å². The molecule has 0 bridgehead atoms. The van der Waals surface area contributed by atoms with E-state index < -0.39 is 5.82 Å². The second-order valence-corrected chi connectivity index (χ2v) is 3.51. The van der Waals surface area contributed by atoms with E-state index in [1.54, 1.807) is 7.05 Å². The van der Waals surface area contributed by atoms with Crippen LogP contribution in [0.5, 0.6) is 0 Å². The Hall–Kier alpha value is -1.97. The van der Waals surface area contributed by atoms with E-state index in [-0.39, 0.29) is 0 Å². The predicted octanol–water partition coefficient (Wildman–Crippen LogP) is 2.63. The number of rotatable bonds is 2. The summed E-state index contributed by atoms with van der Waals surface area (Å²) >= 11 is 0. The van der Waals surface area contributed by atoms with Gasteiger partial charge in [0.25, 0.3) is 0 Å². The van der Waals surface area contributed by atoms with Gasteiger partial charge in [-0.2, -0.15) is 0 Å². The number of nitrogens with zero attached hydrogens (tertiary/aromatic N) is 2. The fourth-order valence-electron chi connectivity index (χ4n) is 1.40. The smallest absolute Gasteiger partial charge is 0.223 e. The van der Waals surface area contributed by atoms with Crippen molar-refractivity contribution in [2.75, 3.05) is 12.4 Å². The van der Waals surface area contributed by atoms with Crippen LogP contribution in [0, 0.1) is 12.7 Å². The Morgan fingerprint density at radius 1 is 1.19 bits per heavy atom. The molecule has 0 aliphatic rings. The highest BCUT2D eigenvalue weighted by atomic mass is 19.1. The zero-order valence-corrected chi connectivity index (χ0v) is 9.16. The molecule has 0 saturated heterocycles. The number of anilines is 1. The van der Waals surface area contributed by atoms with Gasteiger partial charge in [0.2, 0.25) is 5.95 Å². The first-order valence-corrected chi connectivity index (χ1v) is 4.98. The third-order valence-corrected chi connectivity index (χ3v) is 2.29. The normalized spacial score (nSPS) is 10.2. The molecule has 1 N–H and O–H groups in total. The number of nitrogens with one attached hydrogen (secondary N) is 1. The van der Waals surface area contributed by atoms with Crippen molar-refractivity contribution < 1.29 is 4.39 Å². The fourth-order valence-corrected chi connectivity index (χ4v) is 1.40. The molecule has 0 saturated carbocycles. The molecule has 0 unspecified atom stereocenters. The monoisotopic (exact) mass is 217 g/mol. The van der Waals surface area contributed by atoms with Gasteiger partial charge in [-0.1, -0.05) is 29.8 Å². The molecule has 1 heterocycles. The highest BCUT2D eigenvalue weighted by molar-refractivity contribution is 5.61. The minimum absolute atomic E-state index is 0.319. The summed E-state index contributed by atoms with van der Waals surface area (Å²) in [6.45, 7) is 1.99. The lowest BCUT2D eigenvalue weighted by molar-refractivity contribution is 0.619. The third-order valence-electron chi connectivity index (χ3n) is 2.29. The number of halogens is 1. The van der Waals surface area contributed by atoms with Crippen molar-refractivity contribution in [3.05, 3.63) is 41.8 Å². The van der Waals surface area contributed by atoms with Crippen LogP contribution < -0.4 is 5.32 Å². The molecule has 2 rings (SSSR count). The molecule has 0 aliphatic carbocycles. The van der Waals surface area contributed by atoms with Crippen molar-refractivity contribution in [3.63, 3.8) is 0 Å². The van der Waals surface area contributed by atoms with Crippen LogP contribution in [-0.4, -0.2) is 17.0 Å². The van der Waals surface area contributed by atoms with E-state index in [9.17, 15) is 4.39 Å². The molecular weight excluding hydrogens is 205 g/mol. The number of hydrogen-bond donors (Lipinski definition) is 1. The second kappa shape index (κ2) is 4.26. The molecule has 0 aliphatic heterocycles. The summed E-state index contributed by atoms with van der Waals surface area (Å²) in [5.41, 5.74) is 2.20. The van der Waals surface area contributed by atoms with Gasteiger partial charge in [0.1, 0.15) is 5.69 Å². The molecule has 82 valence electrons. The average Bonchev–Trinajstić information content (AvgIpc) is 2.31. The minimum atomic E-state index is -0.414. The Morgan fingerprint density at radius 3 is 2.50 bits per heavy atom. The fraction of sp³-hybridized carbons (Fsp3) is 0.167. The lowest BCUT2D eigenvalue weighted by Gasteiger charge is -2.05. The summed E-state index contributed by atoms with van der Waals surface area (Å²) in [4.78, 5) is 7.90. The Balaban J connectivity index is 2.50. The van der Waals surface area contributed by atoms with E-state index in [2.05, 4.69) is 15.3 Å². The second-order valence-electron chi connectivity index (χ2n) is 3.51. The van der Waals surface area contributed by atoms with Crippen molar-refractivity contribution in [2.45, 2.75) is 6.92 Å². The summed E-state index contributed by atoms with van der Waals surface area (Å²) < 4.78 is 13.5. The molecule has 1 aromatic heterocycles. The zero-order valence-electron chi connectivity index (χ0n) is 9.16. The van der Waals surface area contributed by atoms with Crippen molar-refractivity contribution in [1.29, 1.82) is 0 Å². The summed E-state index contributed by atoms with van der Waals surface area (Å²) in [6.07, 6.45) is 1.17. The van der Waals surface area contributed by atoms with Crippen LogP contribution in [0.3, 0.4) is 0 Å². The van der Waals surface area contributed by atoms with Crippen LogP contribution in [0.25, 0.3) is 11.3 Å². The van der Waals surface area contributed by atoms with Crippen LogP contribution in [0.4, 0.5) is 10.3 Å². The lowest BCUT2D eigenvalue weighted by Crippen LogP contribution is -1.99. The highest BCUT2D eigenvalue weighted by Gasteiger charge is 2.08. The van der Waals surface area contributed by atoms with Gasteiger partial charge >= 0.3 is 0 Å². The van der Waals surface area contributed by atoms with Crippen molar-refractivity contribution in [2.24, 2.45) is 0 Å². The van der Waals surface area contributed by atoms with E-state index in [0.29, 0.717) is 11.6 Å². The standard InChI is InChI=1S/C12H12FN3/c1-8-3-5-9(6-4-8)11-10(13)7-15-12(14-2)16-11/h3-7H,1-2H3,(H,14,15,16). The lowest BCUT2D eigenvalue weighted by atomic mass is 10.1. The predicted molar refractivity (Wildman–Crippen MR) is 61.7 cm³/mol.